The van der Waals surface area contributed by atoms with Crippen molar-refractivity contribution in [3.63, 3.8) is 0 Å². The first-order valence-corrected chi connectivity index (χ1v) is 9.44. The standard InChI is InChI=1S/C21H26OS/c1-3-5-7-17-9-13-19(14-10-17)21(22)23-20-15-11-18(12-16-20)8-6-4-2/h9-16H,3-8H2,1-2H3. The average molecular weight is 327 g/mol. The van der Waals surface area contributed by atoms with E-state index >= 15 is 0 Å². The third-order valence-corrected chi connectivity index (χ3v) is 4.89. The molecule has 122 valence electrons. The Balaban J connectivity index is 1.93. The van der Waals surface area contributed by atoms with Crippen LogP contribution in [-0.4, -0.2) is 5.12 Å². The lowest BCUT2D eigenvalue weighted by Gasteiger charge is -2.05. The lowest BCUT2D eigenvalue weighted by molar-refractivity contribution is 0.108. The lowest BCUT2D eigenvalue weighted by atomic mass is 10.1. The van der Waals surface area contributed by atoms with E-state index < -0.39 is 0 Å². The molecular formula is C21H26OS. The Kier molecular flexibility index (Phi) is 7.41. The van der Waals surface area contributed by atoms with Gasteiger partial charge in [-0.2, -0.15) is 0 Å². The maximum Gasteiger partial charge on any atom is 0.224 e. The Morgan fingerprint density at radius 2 is 1.26 bits per heavy atom. The first-order chi connectivity index (χ1) is 11.2. The molecule has 2 heteroatoms. The Labute approximate surface area is 144 Å². The van der Waals surface area contributed by atoms with Crippen molar-refractivity contribution in [2.75, 3.05) is 0 Å². The van der Waals surface area contributed by atoms with E-state index in [-0.39, 0.29) is 5.12 Å². The molecule has 0 aliphatic carbocycles. The number of carbonyl (C=O) groups excluding carboxylic acids is 1. The smallest absolute Gasteiger partial charge is 0.224 e. The van der Waals surface area contributed by atoms with Gasteiger partial charge in [-0.25, -0.2) is 0 Å². The second kappa shape index (κ2) is 9.57. The molecule has 0 aliphatic heterocycles. The SMILES string of the molecule is CCCCc1ccc(SC(=O)c2ccc(CCCC)cc2)cc1. The summed E-state index contributed by atoms with van der Waals surface area (Å²) >= 11 is 1.31. The Bertz CT molecular complexity index is 599. The van der Waals surface area contributed by atoms with Crippen molar-refractivity contribution < 1.29 is 4.79 Å². The summed E-state index contributed by atoms with van der Waals surface area (Å²) in [7, 11) is 0. The monoisotopic (exact) mass is 326 g/mol. The highest BCUT2D eigenvalue weighted by atomic mass is 32.2. The number of aryl methyl sites for hydroxylation is 2. The first-order valence-electron chi connectivity index (χ1n) is 8.63. The summed E-state index contributed by atoms with van der Waals surface area (Å²) in [4.78, 5) is 13.4. The zero-order valence-corrected chi connectivity index (χ0v) is 15.0. The van der Waals surface area contributed by atoms with Crippen LogP contribution >= 0.6 is 11.8 Å². The molecule has 23 heavy (non-hydrogen) atoms. The van der Waals surface area contributed by atoms with Crippen LogP contribution < -0.4 is 0 Å². The number of hydrogen-bond donors (Lipinski definition) is 0. The number of unbranched alkanes of at least 4 members (excludes halogenated alkanes) is 2. The van der Waals surface area contributed by atoms with Crippen LogP contribution in [-0.2, 0) is 12.8 Å². The number of hydrogen-bond acceptors (Lipinski definition) is 2. The van der Waals surface area contributed by atoms with Gasteiger partial charge in [0, 0.05) is 10.5 Å². The van der Waals surface area contributed by atoms with E-state index in [0.717, 1.165) is 23.3 Å². The van der Waals surface area contributed by atoms with Crippen molar-refractivity contribution in [2.45, 2.75) is 57.3 Å². The summed E-state index contributed by atoms with van der Waals surface area (Å²) in [5.74, 6) is 0. The van der Waals surface area contributed by atoms with Crippen LogP contribution in [0.4, 0.5) is 0 Å². The highest BCUT2D eigenvalue weighted by Crippen LogP contribution is 2.24. The van der Waals surface area contributed by atoms with Gasteiger partial charge < -0.3 is 0 Å². The molecule has 0 aliphatic rings. The van der Waals surface area contributed by atoms with Gasteiger partial charge in [-0.3, -0.25) is 4.79 Å². The van der Waals surface area contributed by atoms with Crippen LogP contribution in [0.3, 0.4) is 0 Å². The van der Waals surface area contributed by atoms with Gasteiger partial charge >= 0.3 is 0 Å². The molecule has 0 fully saturated rings. The van der Waals surface area contributed by atoms with Crippen LogP contribution in [0, 0.1) is 0 Å². The van der Waals surface area contributed by atoms with Crippen LogP contribution in [0.15, 0.2) is 53.4 Å². The summed E-state index contributed by atoms with van der Waals surface area (Å²) in [6, 6.07) is 16.5. The minimum absolute atomic E-state index is 0.119. The summed E-state index contributed by atoms with van der Waals surface area (Å²) in [6.45, 7) is 4.40. The largest absolute Gasteiger partial charge is 0.281 e. The van der Waals surface area contributed by atoms with Gasteiger partial charge in [-0.15, -0.1) is 0 Å². The van der Waals surface area contributed by atoms with E-state index in [0.29, 0.717) is 0 Å². The van der Waals surface area contributed by atoms with E-state index in [4.69, 9.17) is 0 Å². The highest BCUT2D eigenvalue weighted by molar-refractivity contribution is 8.14. The molecule has 1 nitrogen and oxygen atoms in total. The van der Waals surface area contributed by atoms with Gasteiger partial charge in [-0.05, 0) is 60.7 Å². The van der Waals surface area contributed by atoms with Gasteiger partial charge in [-0.1, -0.05) is 63.1 Å². The van der Waals surface area contributed by atoms with Gasteiger partial charge in [0.15, 0.2) is 0 Å². The molecule has 2 aromatic rings. The predicted molar refractivity (Wildman–Crippen MR) is 100 cm³/mol. The van der Waals surface area contributed by atoms with Crippen molar-refractivity contribution >= 4 is 16.9 Å². The van der Waals surface area contributed by atoms with Crippen molar-refractivity contribution in [2.24, 2.45) is 0 Å². The van der Waals surface area contributed by atoms with Crippen LogP contribution in [0.2, 0.25) is 0 Å². The van der Waals surface area contributed by atoms with E-state index in [1.54, 1.807) is 0 Å². The minimum atomic E-state index is 0.119. The third kappa shape index (κ3) is 5.87. The van der Waals surface area contributed by atoms with Crippen molar-refractivity contribution in [1.29, 1.82) is 0 Å². The second-order valence-corrected chi connectivity index (χ2v) is 6.98. The summed E-state index contributed by atoms with van der Waals surface area (Å²) in [6.07, 6.45) is 7.04. The lowest BCUT2D eigenvalue weighted by Crippen LogP contribution is -1.94. The maximum atomic E-state index is 12.4. The van der Waals surface area contributed by atoms with E-state index in [1.807, 2.05) is 12.1 Å². The maximum absolute atomic E-state index is 12.4. The molecule has 0 spiro atoms. The summed E-state index contributed by atoms with van der Waals surface area (Å²) in [5.41, 5.74) is 3.45. The number of benzene rings is 2. The van der Waals surface area contributed by atoms with E-state index in [1.165, 1.54) is 48.6 Å². The Morgan fingerprint density at radius 3 is 1.74 bits per heavy atom. The fourth-order valence-electron chi connectivity index (χ4n) is 2.46. The predicted octanol–water partition coefficient (Wildman–Crippen LogP) is 6.30. The fourth-order valence-corrected chi connectivity index (χ4v) is 3.20. The Hall–Kier alpha value is -1.54. The van der Waals surface area contributed by atoms with Crippen LogP contribution in [0.25, 0.3) is 0 Å². The molecule has 0 radical (unpaired) electrons. The fraction of sp³-hybridized carbons (Fsp3) is 0.381. The van der Waals surface area contributed by atoms with Gasteiger partial charge in [0.05, 0.1) is 0 Å². The zero-order chi connectivity index (χ0) is 16.5. The van der Waals surface area contributed by atoms with Gasteiger partial charge in [0.2, 0.25) is 5.12 Å². The third-order valence-electron chi connectivity index (χ3n) is 3.96. The zero-order valence-electron chi connectivity index (χ0n) is 14.2. The normalized spacial score (nSPS) is 10.7. The molecule has 0 saturated carbocycles. The molecule has 0 bridgehead atoms. The van der Waals surface area contributed by atoms with Gasteiger partial charge in [0.25, 0.3) is 0 Å². The average Bonchev–Trinajstić information content (AvgIpc) is 2.59. The molecule has 0 heterocycles. The summed E-state index contributed by atoms with van der Waals surface area (Å²) in [5, 5.41) is 0.119. The van der Waals surface area contributed by atoms with Crippen molar-refractivity contribution in [1.82, 2.24) is 0 Å². The molecular weight excluding hydrogens is 300 g/mol. The van der Waals surface area contributed by atoms with Gasteiger partial charge in [0.1, 0.15) is 0 Å². The molecule has 0 saturated heterocycles. The molecule has 0 N–H and O–H groups in total. The molecule has 0 amide bonds. The quantitative estimate of drug-likeness (QED) is 0.529. The molecule has 0 unspecified atom stereocenters. The summed E-state index contributed by atoms with van der Waals surface area (Å²) < 4.78 is 0. The van der Waals surface area contributed by atoms with Crippen molar-refractivity contribution in [3.8, 4) is 0 Å². The second-order valence-electron chi connectivity index (χ2n) is 5.94. The number of carbonyl (C=O) groups is 1. The molecule has 2 aromatic carbocycles. The number of rotatable bonds is 8. The molecule has 2 rings (SSSR count). The Morgan fingerprint density at radius 1 is 0.783 bits per heavy atom. The topological polar surface area (TPSA) is 17.1 Å². The van der Waals surface area contributed by atoms with Crippen LogP contribution in [0.5, 0.6) is 0 Å². The van der Waals surface area contributed by atoms with Crippen LogP contribution in [0.1, 0.15) is 61.0 Å². The van der Waals surface area contributed by atoms with E-state index in [2.05, 4.69) is 50.2 Å². The highest BCUT2D eigenvalue weighted by Gasteiger charge is 2.08. The molecule has 0 atom stereocenters. The molecule has 0 aromatic heterocycles. The minimum Gasteiger partial charge on any atom is -0.281 e. The van der Waals surface area contributed by atoms with E-state index in [9.17, 15) is 4.79 Å². The van der Waals surface area contributed by atoms with Crippen molar-refractivity contribution in [3.05, 3.63) is 65.2 Å². The first kappa shape index (κ1) is 17.8. The number of thioether (sulfide) groups is 1.